The van der Waals surface area contributed by atoms with Gasteiger partial charge in [-0.25, -0.2) is 0 Å². The number of rotatable bonds is 14. The maximum Gasteiger partial charge on any atom is 0.310 e. The fourth-order valence-corrected chi connectivity index (χ4v) is 5.89. The third-order valence-corrected chi connectivity index (χ3v) is 8.17. The monoisotopic (exact) mass is 710 g/mol. The summed E-state index contributed by atoms with van der Waals surface area (Å²) < 4.78 is 33.8. The highest BCUT2D eigenvalue weighted by atomic mass is 35.5. The standard InChI is InChI=1S/C37H43ClN2O10/c1-8-48-33(43)17-23-12-15-29(45-5)27(16-23)39-32(42)19-31-36(44)40(20-37(3,4)21-49-22(2)41)28-14-13-24(38)18-26(28)34(50-31)25-10-9-11-30(46-6)35(25)47-7/h9-16,18,31,34H,8,17,19-21H2,1-7H3,(H,39,42)/t31-,34-/m1/s1. The van der Waals surface area contributed by atoms with Gasteiger partial charge in [-0.15, -0.1) is 0 Å². The van der Waals surface area contributed by atoms with Gasteiger partial charge in [-0.2, -0.15) is 0 Å². The molecule has 0 saturated carbocycles. The second kappa shape index (κ2) is 16.7. The predicted molar refractivity (Wildman–Crippen MR) is 187 cm³/mol. The van der Waals surface area contributed by atoms with Crippen molar-refractivity contribution in [3.8, 4) is 17.2 Å². The summed E-state index contributed by atoms with van der Waals surface area (Å²) in [5.41, 5.74) is 1.80. The van der Waals surface area contributed by atoms with Gasteiger partial charge < -0.3 is 38.6 Å². The van der Waals surface area contributed by atoms with Crippen molar-refractivity contribution in [2.75, 3.05) is 51.3 Å². The second-order valence-electron chi connectivity index (χ2n) is 12.4. The maximum atomic E-state index is 14.6. The van der Waals surface area contributed by atoms with E-state index in [1.54, 1.807) is 66.4 Å². The summed E-state index contributed by atoms with van der Waals surface area (Å²) in [5.74, 6) is -0.722. The lowest BCUT2D eigenvalue weighted by Crippen LogP contribution is -2.46. The van der Waals surface area contributed by atoms with Crippen LogP contribution in [0.2, 0.25) is 5.02 Å². The van der Waals surface area contributed by atoms with Crippen LogP contribution in [0, 0.1) is 5.41 Å². The number of fused-ring (bicyclic) bond motifs is 1. The number of carbonyl (C=O) groups is 4. The van der Waals surface area contributed by atoms with E-state index in [0.29, 0.717) is 50.3 Å². The van der Waals surface area contributed by atoms with Gasteiger partial charge in [0.1, 0.15) is 18.0 Å². The Balaban J connectivity index is 1.78. The zero-order chi connectivity index (χ0) is 36.6. The summed E-state index contributed by atoms with van der Waals surface area (Å²) in [7, 11) is 4.47. The number of benzene rings is 3. The average Bonchev–Trinajstić information content (AvgIpc) is 3.17. The van der Waals surface area contributed by atoms with Gasteiger partial charge in [-0.3, -0.25) is 19.2 Å². The molecule has 12 nitrogen and oxygen atoms in total. The zero-order valence-electron chi connectivity index (χ0n) is 29.3. The quantitative estimate of drug-likeness (QED) is 0.201. The van der Waals surface area contributed by atoms with Crippen molar-refractivity contribution < 1.29 is 47.6 Å². The Morgan fingerprint density at radius 1 is 0.940 bits per heavy atom. The molecule has 2 amide bonds. The molecule has 50 heavy (non-hydrogen) atoms. The molecule has 3 aromatic rings. The molecule has 2 atom stereocenters. The number of amides is 2. The summed E-state index contributed by atoms with van der Waals surface area (Å²) in [6.07, 6.45) is -2.64. The molecular weight excluding hydrogens is 668 g/mol. The lowest BCUT2D eigenvalue weighted by molar-refractivity contribution is -0.144. The van der Waals surface area contributed by atoms with Crippen molar-refractivity contribution in [3.05, 3.63) is 76.3 Å². The smallest absolute Gasteiger partial charge is 0.310 e. The lowest BCUT2D eigenvalue weighted by Gasteiger charge is -2.33. The Kier molecular flexibility index (Phi) is 12.7. The molecule has 0 bridgehead atoms. The number of ether oxygens (including phenoxy) is 6. The van der Waals surface area contributed by atoms with E-state index in [4.69, 9.17) is 40.0 Å². The number of methoxy groups -OCH3 is 3. The number of hydrogen-bond donors (Lipinski definition) is 1. The van der Waals surface area contributed by atoms with Gasteiger partial charge in [0.05, 0.1) is 53.1 Å². The molecule has 0 unspecified atom stereocenters. The molecule has 0 aromatic heterocycles. The summed E-state index contributed by atoms with van der Waals surface area (Å²) in [4.78, 5) is 53.7. The Labute approximate surface area is 296 Å². The minimum Gasteiger partial charge on any atom is -0.495 e. The minimum absolute atomic E-state index is 0.00607. The van der Waals surface area contributed by atoms with E-state index in [1.807, 2.05) is 13.8 Å². The molecule has 1 heterocycles. The molecular formula is C37H43ClN2O10. The van der Waals surface area contributed by atoms with Crippen LogP contribution in [0.25, 0.3) is 0 Å². The van der Waals surface area contributed by atoms with Crippen LogP contribution in [-0.2, 0) is 39.8 Å². The lowest BCUT2D eigenvalue weighted by atomic mass is 9.92. The normalized spacial score (nSPS) is 15.8. The summed E-state index contributed by atoms with van der Waals surface area (Å²) in [6.45, 7) is 7.16. The highest BCUT2D eigenvalue weighted by molar-refractivity contribution is 6.30. The van der Waals surface area contributed by atoms with E-state index in [2.05, 4.69) is 5.32 Å². The Morgan fingerprint density at radius 2 is 1.68 bits per heavy atom. The topological polar surface area (TPSA) is 139 Å². The van der Waals surface area contributed by atoms with E-state index in [-0.39, 0.29) is 26.2 Å². The minimum atomic E-state index is -1.31. The van der Waals surface area contributed by atoms with E-state index in [0.717, 1.165) is 0 Å². The van der Waals surface area contributed by atoms with Gasteiger partial charge in [0.15, 0.2) is 11.5 Å². The molecule has 0 aliphatic carbocycles. The molecule has 3 aromatic carbocycles. The van der Waals surface area contributed by atoms with Crippen molar-refractivity contribution in [2.45, 2.75) is 52.7 Å². The van der Waals surface area contributed by atoms with Crippen LogP contribution >= 0.6 is 11.6 Å². The first-order chi connectivity index (χ1) is 23.8. The van der Waals surface area contributed by atoms with Crippen LogP contribution in [-0.4, -0.2) is 70.9 Å². The molecule has 1 aliphatic rings. The SMILES string of the molecule is CCOC(=O)Cc1ccc(OC)c(NC(=O)C[C@H]2O[C@H](c3cccc(OC)c3OC)c3cc(Cl)ccc3N(CC(C)(C)COC(C)=O)C2=O)c1. The first kappa shape index (κ1) is 38.0. The maximum absolute atomic E-state index is 14.6. The van der Waals surface area contributed by atoms with Crippen LogP contribution in [0.4, 0.5) is 11.4 Å². The first-order valence-corrected chi connectivity index (χ1v) is 16.4. The molecule has 13 heteroatoms. The van der Waals surface area contributed by atoms with E-state index < -0.39 is 47.8 Å². The Hall–Kier alpha value is -4.81. The van der Waals surface area contributed by atoms with E-state index in [1.165, 1.54) is 28.3 Å². The molecule has 0 saturated heterocycles. The van der Waals surface area contributed by atoms with Gasteiger partial charge in [0.2, 0.25) is 5.91 Å². The number of anilines is 2. The summed E-state index contributed by atoms with van der Waals surface area (Å²) >= 11 is 6.54. The molecule has 0 fully saturated rings. The molecule has 268 valence electrons. The molecule has 0 radical (unpaired) electrons. The fraction of sp³-hybridized carbons (Fsp3) is 0.405. The van der Waals surface area contributed by atoms with E-state index >= 15 is 0 Å². The molecule has 1 N–H and O–H groups in total. The van der Waals surface area contributed by atoms with Crippen LogP contribution < -0.4 is 24.4 Å². The Morgan fingerprint density at radius 3 is 2.34 bits per heavy atom. The fourth-order valence-electron chi connectivity index (χ4n) is 5.71. The van der Waals surface area contributed by atoms with Crippen molar-refractivity contribution in [3.63, 3.8) is 0 Å². The van der Waals surface area contributed by atoms with Crippen LogP contribution in [0.5, 0.6) is 17.2 Å². The average molecular weight is 711 g/mol. The number of nitrogens with one attached hydrogen (secondary N) is 1. The van der Waals surface area contributed by atoms with Gasteiger partial charge in [0.25, 0.3) is 5.91 Å². The molecule has 0 spiro atoms. The van der Waals surface area contributed by atoms with Crippen LogP contribution in [0.3, 0.4) is 0 Å². The number of esters is 2. The van der Waals surface area contributed by atoms with Crippen molar-refractivity contribution in [2.24, 2.45) is 5.41 Å². The van der Waals surface area contributed by atoms with Gasteiger partial charge in [-0.05, 0) is 48.9 Å². The van der Waals surface area contributed by atoms with Crippen molar-refractivity contribution >= 4 is 46.7 Å². The first-order valence-electron chi connectivity index (χ1n) is 16.0. The van der Waals surface area contributed by atoms with E-state index in [9.17, 15) is 19.2 Å². The number of para-hydroxylation sites is 1. The number of halogens is 1. The van der Waals surface area contributed by atoms with Crippen molar-refractivity contribution in [1.29, 1.82) is 0 Å². The number of hydrogen-bond acceptors (Lipinski definition) is 10. The highest BCUT2D eigenvalue weighted by Gasteiger charge is 2.41. The van der Waals surface area contributed by atoms with Crippen LogP contribution in [0.15, 0.2) is 54.6 Å². The summed E-state index contributed by atoms with van der Waals surface area (Å²) in [5, 5.41) is 3.23. The molecule has 4 rings (SSSR count). The van der Waals surface area contributed by atoms with Gasteiger partial charge in [-0.1, -0.05) is 43.6 Å². The second-order valence-corrected chi connectivity index (χ2v) is 12.9. The van der Waals surface area contributed by atoms with Crippen LogP contribution in [0.1, 0.15) is 56.9 Å². The number of nitrogens with zero attached hydrogens (tertiary/aromatic N) is 1. The third kappa shape index (κ3) is 9.25. The highest BCUT2D eigenvalue weighted by Crippen LogP contribution is 2.45. The predicted octanol–water partition coefficient (Wildman–Crippen LogP) is 5.91. The Bertz CT molecular complexity index is 1730. The summed E-state index contributed by atoms with van der Waals surface area (Å²) in [6, 6.07) is 15.4. The largest absolute Gasteiger partial charge is 0.495 e. The van der Waals surface area contributed by atoms with Crippen molar-refractivity contribution in [1.82, 2.24) is 0 Å². The van der Waals surface area contributed by atoms with Gasteiger partial charge in [0, 0.05) is 40.7 Å². The zero-order valence-corrected chi connectivity index (χ0v) is 30.0. The molecule has 1 aliphatic heterocycles. The van der Waals surface area contributed by atoms with Gasteiger partial charge >= 0.3 is 11.9 Å². The number of carbonyl (C=O) groups excluding carboxylic acids is 4. The third-order valence-electron chi connectivity index (χ3n) is 7.94.